The van der Waals surface area contributed by atoms with Crippen LogP contribution in [0, 0.1) is 5.92 Å². The van der Waals surface area contributed by atoms with Gasteiger partial charge in [0, 0.05) is 6.92 Å². The molecule has 0 N–H and O–H groups in total. The molecule has 0 aliphatic carbocycles. The van der Waals surface area contributed by atoms with Crippen LogP contribution in [0.2, 0.25) is 0 Å². The summed E-state index contributed by atoms with van der Waals surface area (Å²) < 4.78 is 0.171. The fourth-order valence-electron chi connectivity index (χ4n) is 1.41. The van der Waals surface area contributed by atoms with Crippen molar-refractivity contribution >= 4 is 11.7 Å². The quantitative estimate of drug-likeness (QED) is 0.619. The number of hydrogen-bond donors (Lipinski definition) is 0. The number of likely N-dealkylation sites (N-methyl/N-ethyl adjacent to an activating group) is 1. The molecule has 0 rings (SSSR count). The Morgan fingerprint density at radius 2 is 1.77 bits per heavy atom. The monoisotopic (exact) mass is 186 g/mol. The Hall–Kier alpha value is -0.700. The maximum Gasteiger partial charge on any atom is 0.316 e. The van der Waals surface area contributed by atoms with Crippen LogP contribution in [0.15, 0.2) is 0 Å². The van der Waals surface area contributed by atoms with E-state index in [0.29, 0.717) is 6.54 Å². The molecule has 0 saturated carbocycles. The number of ketones is 1. The van der Waals surface area contributed by atoms with Gasteiger partial charge in [0.2, 0.25) is 0 Å². The number of rotatable bonds is 4. The lowest BCUT2D eigenvalue weighted by Gasteiger charge is -2.27. The summed E-state index contributed by atoms with van der Waals surface area (Å²) in [4.78, 5) is 22.7. The van der Waals surface area contributed by atoms with Gasteiger partial charge in [0.1, 0.15) is 6.54 Å². The van der Waals surface area contributed by atoms with E-state index in [0.717, 1.165) is 6.42 Å². The predicted octanol–water partition coefficient (Wildman–Crippen LogP) is 1.22. The Labute approximate surface area is 80.3 Å². The number of quaternary nitrogens is 1. The maximum atomic E-state index is 11.8. The van der Waals surface area contributed by atoms with Gasteiger partial charge in [-0.1, -0.05) is 6.92 Å². The zero-order valence-corrected chi connectivity index (χ0v) is 9.26. The van der Waals surface area contributed by atoms with Crippen molar-refractivity contribution in [1.82, 2.24) is 0 Å². The Bertz CT molecular complexity index is 209. The summed E-state index contributed by atoms with van der Waals surface area (Å²) in [6.07, 6.45) is 0.832. The number of carbonyl (C=O) groups is 2. The molecule has 1 atom stereocenters. The molecule has 0 aromatic rings. The molecule has 0 spiro atoms. The van der Waals surface area contributed by atoms with E-state index < -0.39 is 0 Å². The molecule has 0 heterocycles. The lowest BCUT2D eigenvalue weighted by Crippen LogP contribution is -2.50. The second kappa shape index (κ2) is 4.51. The van der Waals surface area contributed by atoms with Gasteiger partial charge in [-0.15, -0.1) is 0 Å². The standard InChI is InChI=1S/C10H20NO2/c1-6-8(2)10(13)11(4,5)7-9(3)12/h8H,6-7H2,1-5H3/q+1/t8-/m0/s1. The SMILES string of the molecule is CC[C@H](C)C(=O)[N+](C)(C)CC(C)=O. The van der Waals surface area contributed by atoms with E-state index in [2.05, 4.69) is 0 Å². The third-order valence-electron chi connectivity index (χ3n) is 2.25. The van der Waals surface area contributed by atoms with E-state index in [1.165, 1.54) is 6.92 Å². The molecule has 76 valence electrons. The van der Waals surface area contributed by atoms with Crippen LogP contribution in [0.4, 0.5) is 0 Å². The average molecular weight is 186 g/mol. The minimum atomic E-state index is 0.0364. The van der Waals surface area contributed by atoms with Gasteiger partial charge < -0.3 is 0 Å². The third kappa shape index (κ3) is 3.68. The smallest absolute Gasteiger partial charge is 0.294 e. The lowest BCUT2D eigenvalue weighted by molar-refractivity contribution is -0.806. The highest BCUT2D eigenvalue weighted by Gasteiger charge is 2.31. The number of carbonyl (C=O) groups excluding carboxylic acids is 2. The summed E-state index contributed by atoms with van der Waals surface area (Å²) >= 11 is 0. The minimum Gasteiger partial charge on any atom is -0.294 e. The van der Waals surface area contributed by atoms with Crippen molar-refractivity contribution < 1.29 is 14.1 Å². The van der Waals surface area contributed by atoms with Crippen LogP contribution >= 0.6 is 0 Å². The molecule has 0 aliphatic heterocycles. The molecule has 0 unspecified atom stereocenters. The van der Waals surface area contributed by atoms with Gasteiger partial charge in [-0.2, -0.15) is 0 Å². The van der Waals surface area contributed by atoms with Gasteiger partial charge in [-0.3, -0.25) is 9.28 Å². The molecule has 0 fully saturated rings. The van der Waals surface area contributed by atoms with Crippen molar-refractivity contribution in [3.8, 4) is 0 Å². The highest BCUT2D eigenvalue weighted by Crippen LogP contribution is 2.10. The largest absolute Gasteiger partial charge is 0.316 e. The van der Waals surface area contributed by atoms with E-state index in [1.54, 1.807) is 14.1 Å². The third-order valence-corrected chi connectivity index (χ3v) is 2.25. The number of hydrogen-bond acceptors (Lipinski definition) is 2. The second-order valence-electron chi connectivity index (χ2n) is 4.19. The average Bonchev–Trinajstić information content (AvgIpc) is 1.99. The van der Waals surface area contributed by atoms with E-state index >= 15 is 0 Å². The first-order valence-electron chi connectivity index (χ1n) is 4.68. The molecule has 0 aromatic heterocycles. The Morgan fingerprint density at radius 3 is 2.08 bits per heavy atom. The summed E-state index contributed by atoms with van der Waals surface area (Å²) in [5.74, 6) is 0.230. The summed E-state index contributed by atoms with van der Waals surface area (Å²) in [7, 11) is 3.58. The maximum absolute atomic E-state index is 11.8. The molecule has 0 aliphatic rings. The molecule has 0 bridgehead atoms. The molecular formula is C10H20NO2+. The summed E-state index contributed by atoms with van der Waals surface area (Å²) in [6.45, 7) is 5.70. The first-order valence-corrected chi connectivity index (χ1v) is 4.68. The Morgan fingerprint density at radius 1 is 1.31 bits per heavy atom. The molecule has 0 aromatic carbocycles. The Kier molecular flexibility index (Phi) is 4.27. The van der Waals surface area contributed by atoms with Crippen LogP contribution in [0.1, 0.15) is 27.2 Å². The zero-order chi connectivity index (χ0) is 10.6. The van der Waals surface area contributed by atoms with Gasteiger partial charge in [0.15, 0.2) is 5.78 Å². The van der Waals surface area contributed by atoms with Gasteiger partial charge in [0.25, 0.3) is 0 Å². The molecule has 13 heavy (non-hydrogen) atoms. The second-order valence-corrected chi connectivity index (χ2v) is 4.19. The normalized spacial score (nSPS) is 13.9. The first kappa shape index (κ1) is 12.3. The van der Waals surface area contributed by atoms with Crippen LogP contribution < -0.4 is 0 Å². The van der Waals surface area contributed by atoms with Crippen LogP contribution in [0.25, 0.3) is 0 Å². The summed E-state index contributed by atoms with van der Waals surface area (Å²) in [6, 6.07) is 0. The van der Waals surface area contributed by atoms with E-state index in [9.17, 15) is 9.59 Å². The highest BCUT2D eigenvalue weighted by molar-refractivity contribution is 5.80. The van der Waals surface area contributed by atoms with Crippen molar-refractivity contribution in [2.75, 3.05) is 20.6 Å². The minimum absolute atomic E-state index is 0.0364. The van der Waals surface area contributed by atoms with Crippen LogP contribution in [-0.2, 0) is 9.59 Å². The summed E-state index contributed by atoms with van der Waals surface area (Å²) in [5, 5.41) is 0. The molecule has 3 heteroatoms. The number of amides is 1. The van der Waals surface area contributed by atoms with Gasteiger partial charge >= 0.3 is 5.91 Å². The van der Waals surface area contributed by atoms with E-state index in [-0.39, 0.29) is 22.1 Å². The molecular weight excluding hydrogens is 166 g/mol. The fourth-order valence-corrected chi connectivity index (χ4v) is 1.41. The Balaban J connectivity index is 4.44. The van der Waals surface area contributed by atoms with Crippen molar-refractivity contribution in [2.45, 2.75) is 27.2 Å². The number of Topliss-reactive ketones (excluding diaryl/α,β-unsaturated/α-hetero) is 1. The predicted molar refractivity (Wildman–Crippen MR) is 52.1 cm³/mol. The van der Waals surface area contributed by atoms with Crippen molar-refractivity contribution in [3.05, 3.63) is 0 Å². The number of nitrogens with zero attached hydrogens (tertiary/aromatic N) is 1. The molecule has 3 nitrogen and oxygen atoms in total. The fraction of sp³-hybridized carbons (Fsp3) is 0.800. The van der Waals surface area contributed by atoms with Gasteiger partial charge in [0.05, 0.1) is 20.0 Å². The van der Waals surface area contributed by atoms with E-state index in [4.69, 9.17) is 0 Å². The zero-order valence-electron chi connectivity index (χ0n) is 9.26. The van der Waals surface area contributed by atoms with Crippen molar-refractivity contribution in [2.24, 2.45) is 5.92 Å². The topological polar surface area (TPSA) is 34.1 Å². The highest BCUT2D eigenvalue weighted by atomic mass is 16.2. The first-order chi connectivity index (χ1) is 5.81. The van der Waals surface area contributed by atoms with Gasteiger partial charge in [-0.05, 0) is 13.3 Å². The molecule has 1 amide bonds. The van der Waals surface area contributed by atoms with E-state index in [1.807, 2.05) is 13.8 Å². The van der Waals surface area contributed by atoms with Crippen LogP contribution in [0.3, 0.4) is 0 Å². The summed E-state index contributed by atoms with van der Waals surface area (Å²) in [5.41, 5.74) is 0. The van der Waals surface area contributed by atoms with Crippen LogP contribution in [0.5, 0.6) is 0 Å². The van der Waals surface area contributed by atoms with Crippen LogP contribution in [-0.4, -0.2) is 36.8 Å². The lowest BCUT2D eigenvalue weighted by atomic mass is 10.1. The molecule has 0 radical (unpaired) electrons. The van der Waals surface area contributed by atoms with Crippen molar-refractivity contribution in [3.63, 3.8) is 0 Å². The van der Waals surface area contributed by atoms with Crippen molar-refractivity contribution in [1.29, 1.82) is 0 Å². The molecule has 0 saturated heterocycles. The van der Waals surface area contributed by atoms with Gasteiger partial charge in [-0.25, -0.2) is 4.79 Å².